The van der Waals surface area contributed by atoms with E-state index in [2.05, 4.69) is 18.8 Å². The first-order valence-electron chi connectivity index (χ1n) is 6.08. The third-order valence-electron chi connectivity index (χ3n) is 3.23. The number of pyridine rings is 1. The minimum atomic E-state index is -1.22. The number of aromatic nitrogens is 1. The van der Waals surface area contributed by atoms with Crippen molar-refractivity contribution < 1.29 is 13.6 Å². The third kappa shape index (κ3) is 2.49. The summed E-state index contributed by atoms with van der Waals surface area (Å²) in [6.45, 7) is 5.29. The Hall–Kier alpha value is -1.52. The van der Waals surface area contributed by atoms with Gasteiger partial charge in [0, 0.05) is 19.3 Å². The number of halogens is 2. The Bertz CT molecular complexity index is 454. The number of likely N-dealkylation sites (tertiary alicyclic amines) is 1. The number of carbonyl (C=O) groups excluding carboxylic acids is 1. The molecule has 0 spiro atoms. The predicted octanol–water partition coefficient (Wildman–Crippen LogP) is 2.48. The van der Waals surface area contributed by atoms with E-state index in [1.54, 1.807) is 4.90 Å². The molecule has 0 N–H and O–H groups in total. The van der Waals surface area contributed by atoms with Gasteiger partial charge in [0.2, 0.25) is 5.95 Å². The van der Waals surface area contributed by atoms with E-state index in [0.717, 1.165) is 12.6 Å². The Labute approximate surface area is 105 Å². The van der Waals surface area contributed by atoms with Gasteiger partial charge in [-0.1, -0.05) is 13.8 Å². The molecule has 1 fully saturated rings. The van der Waals surface area contributed by atoms with E-state index in [4.69, 9.17) is 0 Å². The van der Waals surface area contributed by atoms with Crippen molar-refractivity contribution in [1.82, 2.24) is 9.88 Å². The zero-order valence-corrected chi connectivity index (χ0v) is 10.5. The van der Waals surface area contributed by atoms with Crippen LogP contribution < -0.4 is 0 Å². The minimum absolute atomic E-state index is 0.233. The van der Waals surface area contributed by atoms with Crippen LogP contribution in [-0.2, 0) is 0 Å². The largest absolute Gasteiger partial charge is 0.338 e. The summed E-state index contributed by atoms with van der Waals surface area (Å²) in [5, 5.41) is 0. The monoisotopic (exact) mass is 254 g/mol. The van der Waals surface area contributed by atoms with Crippen LogP contribution in [0.25, 0.3) is 0 Å². The van der Waals surface area contributed by atoms with Crippen molar-refractivity contribution in [3.05, 3.63) is 29.6 Å². The van der Waals surface area contributed by atoms with Crippen LogP contribution in [-0.4, -0.2) is 28.9 Å². The average Bonchev–Trinajstić information content (AvgIpc) is 2.30. The fourth-order valence-corrected chi connectivity index (χ4v) is 2.58. The van der Waals surface area contributed by atoms with Crippen molar-refractivity contribution >= 4 is 5.91 Å². The molecule has 1 aromatic rings. The van der Waals surface area contributed by atoms with Gasteiger partial charge in [-0.05, 0) is 24.3 Å². The number of hydrogen-bond donors (Lipinski definition) is 0. The van der Waals surface area contributed by atoms with Gasteiger partial charge < -0.3 is 4.90 Å². The molecule has 0 radical (unpaired) electrons. The molecule has 5 heteroatoms. The van der Waals surface area contributed by atoms with Gasteiger partial charge in [0.05, 0.1) is 5.56 Å². The van der Waals surface area contributed by atoms with Gasteiger partial charge in [-0.3, -0.25) is 4.79 Å². The number of rotatable bonds is 1. The molecule has 0 bridgehead atoms. The second kappa shape index (κ2) is 5.00. The molecule has 3 nitrogen and oxygen atoms in total. The molecule has 2 rings (SSSR count). The van der Waals surface area contributed by atoms with Crippen LogP contribution in [0.5, 0.6) is 0 Å². The summed E-state index contributed by atoms with van der Waals surface area (Å²) in [6, 6.07) is 1.23. The molecular formula is C13H16F2N2O. The molecule has 0 aliphatic carbocycles. The Morgan fingerprint density at radius 2 is 1.94 bits per heavy atom. The molecule has 0 saturated carbocycles. The highest BCUT2D eigenvalue weighted by molar-refractivity contribution is 5.94. The number of hydrogen-bond acceptors (Lipinski definition) is 2. The second-order valence-electron chi connectivity index (χ2n) is 5.12. The lowest BCUT2D eigenvalue weighted by Gasteiger charge is -2.35. The summed E-state index contributed by atoms with van der Waals surface area (Å²) in [4.78, 5) is 16.9. The molecule has 18 heavy (non-hydrogen) atoms. The Morgan fingerprint density at radius 3 is 2.56 bits per heavy atom. The van der Waals surface area contributed by atoms with Crippen LogP contribution in [0.4, 0.5) is 8.78 Å². The number of nitrogens with zero attached hydrogens (tertiary/aromatic N) is 2. The minimum Gasteiger partial charge on any atom is -0.338 e. The highest BCUT2D eigenvalue weighted by atomic mass is 19.2. The van der Waals surface area contributed by atoms with E-state index in [1.807, 2.05) is 0 Å². The predicted molar refractivity (Wildman–Crippen MR) is 63.0 cm³/mol. The maximum atomic E-state index is 13.5. The lowest BCUT2D eigenvalue weighted by atomic mass is 9.91. The molecule has 1 saturated heterocycles. The Balaban J connectivity index is 2.23. The lowest BCUT2D eigenvalue weighted by molar-refractivity contribution is 0.0617. The standard InChI is InChI=1S/C13H16F2N2O/c1-8-5-9(2)7-17(6-8)13(18)10-3-4-16-12(15)11(10)14/h3-4,8-9H,5-7H2,1-2H3. The molecular weight excluding hydrogens is 238 g/mol. The van der Waals surface area contributed by atoms with E-state index in [0.29, 0.717) is 24.9 Å². The lowest BCUT2D eigenvalue weighted by Crippen LogP contribution is -2.43. The summed E-state index contributed by atoms with van der Waals surface area (Å²) in [5.74, 6) is -2.07. The first-order chi connectivity index (χ1) is 8.49. The maximum Gasteiger partial charge on any atom is 0.257 e. The van der Waals surface area contributed by atoms with Crippen LogP contribution in [0.15, 0.2) is 12.3 Å². The van der Waals surface area contributed by atoms with E-state index in [-0.39, 0.29) is 5.56 Å². The van der Waals surface area contributed by atoms with Gasteiger partial charge in [-0.2, -0.15) is 4.39 Å². The fourth-order valence-electron chi connectivity index (χ4n) is 2.58. The highest BCUT2D eigenvalue weighted by Gasteiger charge is 2.28. The fraction of sp³-hybridized carbons (Fsp3) is 0.538. The zero-order chi connectivity index (χ0) is 13.3. The van der Waals surface area contributed by atoms with Crippen LogP contribution in [0.2, 0.25) is 0 Å². The smallest absolute Gasteiger partial charge is 0.257 e. The Kier molecular flexibility index (Phi) is 3.59. The molecule has 2 heterocycles. The van der Waals surface area contributed by atoms with E-state index in [1.165, 1.54) is 6.07 Å². The molecule has 1 aliphatic rings. The molecule has 1 amide bonds. The normalized spacial score (nSPS) is 24.1. The van der Waals surface area contributed by atoms with Crippen LogP contribution in [0.3, 0.4) is 0 Å². The van der Waals surface area contributed by atoms with Crippen LogP contribution in [0.1, 0.15) is 30.6 Å². The molecule has 1 aliphatic heterocycles. The number of piperidine rings is 1. The van der Waals surface area contributed by atoms with Crippen molar-refractivity contribution in [2.24, 2.45) is 11.8 Å². The number of carbonyl (C=O) groups is 1. The van der Waals surface area contributed by atoms with Crippen LogP contribution >= 0.6 is 0 Å². The zero-order valence-electron chi connectivity index (χ0n) is 10.5. The summed E-state index contributed by atoms with van der Waals surface area (Å²) < 4.78 is 26.5. The van der Waals surface area contributed by atoms with Gasteiger partial charge in [-0.25, -0.2) is 9.37 Å². The summed E-state index contributed by atoms with van der Waals surface area (Å²) in [7, 11) is 0. The third-order valence-corrected chi connectivity index (χ3v) is 3.23. The van der Waals surface area contributed by atoms with Crippen molar-refractivity contribution in [1.29, 1.82) is 0 Å². The van der Waals surface area contributed by atoms with Crippen molar-refractivity contribution in [3.8, 4) is 0 Å². The van der Waals surface area contributed by atoms with Crippen LogP contribution in [0, 0.1) is 23.6 Å². The molecule has 0 aromatic carbocycles. The van der Waals surface area contributed by atoms with Crippen molar-refractivity contribution in [2.75, 3.05) is 13.1 Å². The molecule has 2 unspecified atom stereocenters. The van der Waals surface area contributed by atoms with Crippen molar-refractivity contribution in [2.45, 2.75) is 20.3 Å². The SMILES string of the molecule is CC1CC(C)CN(C(=O)c2ccnc(F)c2F)C1. The van der Waals surface area contributed by atoms with Crippen molar-refractivity contribution in [3.63, 3.8) is 0 Å². The molecule has 1 aromatic heterocycles. The highest BCUT2D eigenvalue weighted by Crippen LogP contribution is 2.23. The van der Waals surface area contributed by atoms with E-state index < -0.39 is 17.7 Å². The Morgan fingerprint density at radius 1 is 1.33 bits per heavy atom. The van der Waals surface area contributed by atoms with Gasteiger partial charge in [0.1, 0.15) is 0 Å². The quantitative estimate of drug-likeness (QED) is 0.721. The van der Waals surface area contributed by atoms with Gasteiger partial charge >= 0.3 is 0 Å². The first kappa shape index (κ1) is 12.9. The summed E-state index contributed by atoms with van der Waals surface area (Å²) in [5.41, 5.74) is -0.233. The second-order valence-corrected chi connectivity index (χ2v) is 5.12. The topological polar surface area (TPSA) is 33.2 Å². The maximum absolute atomic E-state index is 13.5. The molecule has 98 valence electrons. The van der Waals surface area contributed by atoms with E-state index in [9.17, 15) is 13.6 Å². The first-order valence-corrected chi connectivity index (χ1v) is 6.08. The van der Waals surface area contributed by atoms with Gasteiger partial charge in [0.25, 0.3) is 5.91 Å². The van der Waals surface area contributed by atoms with Gasteiger partial charge in [0.15, 0.2) is 5.82 Å². The summed E-state index contributed by atoms with van der Waals surface area (Å²) >= 11 is 0. The molecule has 2 atom stereocenters. The van der Waals surface area contributed by atoms with Gasteiger partial charge in [-0.15, -0.1) is 0 Å². The summed E-state index contributed by atoms with van der Waals surface area (Å²) in [6.07, 6.45) is 2.17. The van der Waals surface area contributed by atoms with E-state index >= 15 is 0 Å². The average molecular weight is 254 g/mol. The number of amides is 1.